The van der Waals surface area contributed by atoms with E-state index in [1.54, 1.807) is 23.1 Å². The van der Waals surface area contributed by atoms with Crippen molar-refractivity contribution >= 4 is 23.2 Å². The summed E-state index contributed by atoms with van der Waals surface area (Å²) in [5.41, 5.74) is 2.27. The molecule has 4 rings (SSSR count). The van der Waals surface area contributed by atoms with Crippen LogP contribution in [-0.4, -0.2) is 18.4 Å². The molecule has 1 aliphatic heterocycles. The standard InChI is InChI=1S/C20H19FN2O2/c1-13(24)23-11-8-14-6-7-15(12-18(14)23)22-19(25)20(9-10-20)16-4-2-3-5-17(16)21/h2-7,12H,8-11H2,1H3,(H,22,25). The van der Waals surface area contributed by atoms with Gasteiger partial charge in [-0.1, -0.05) is 24.3 Å². The van der Waals surface area contributed by atoms with Crippen molar-refractivity contribution in [3.8, 4) is 0 Å². The van der Waals surface area contributed by atoms with E-state index in [1.165, 1.54) is 13.0 Å². The molecule has 1 saturated carbocycles. The molecule has 0 atom stereocenters. The van der Waals surface area contributed by atoms with Gasteiger partial charge in [0.05, 0.1) is 5.41 Å². The lowest BCUT2D eigenvalue weighted by molar-refractivity contribution is -0.118. The van der Waals surface area contributed by atoms with Crippen molar-refractivity contribution in [1.82, 2.24) is 0 Å². The molecule has 2 amide bonds. The van der Waals surface area contributed by atoms with Crippen molar-refractivity contribution < 1.29 is 14.0 Å². The summed E-state index contributed by atoms with van der Waals surface area (Å²) in [5, 5.41) is 2.92. The van der Waals surface area contributed by atoms with Gasteiger partial charge in [0, 0.05) is 30.4 Å². The molecule has 0 saturated heterocycles. The molecule has 25 heavy (non-hydrogen) atoms. The lowest BCUT2D eigenvalue weighted by Gasteiger charge is -2.18. The van der Waals surface area contributed by atoms with Gasteiger partial charge >= 0.3 is 0 Å². The van der Waals surface area contributed by atoms with E-state index in [4.69, 9.17) is 0 Å². The zero-order valence-electron chi connectivity index (χ0n) is 14.0. The van der Waals surface area contributed by atoms with E-state index in [1.807, 2.05) is 18.2 Å². The van der Waals surface area contributed by atoms with Crippen molar-refractivity contribution in [2.24, 2.45) is 0 Å². The zero-order chi connectivity index (χ0) is 17.6. The molecule has 0 radical (unpaired) electrons. The molecule has 1 aliphatic carbocycles. The van der Waals surface area contributed by atoms with E-state index in [-0.39, 0.29) is 17.6 Å². The van der Waals surface area contributed by atoms with Crippen LogP contribution in [0.5, 0.6) is 0 Å². The molecular weight excluding hydrogens is 319 g/mol. The maximum atomic E-state index is 14.1. The van der Waals surface area contributed by atoms with E-state index in [0.29, 0.717) is 30.6 Å². The van der Waals surface area contributed by atoms with Crippen LogP contribution in [-0.2, 0) is 21.4 Å². The van der Waals surface area contributed by atoms with Crippen molar-refractivity contribution in [2.75, 3.05) is 16.8 Å². The lowest BCUT2D eigenvalue weighted by Crippen LogP contribution is -2.29. The molecule has 4 nitrogen and oxygen atoms in total. The Morgan fingerprint density at radius 3 is 2.60 bits per heavy atom. The fourth-order valence-electron chi connectivity index (χ4n) is 3.63. The molecule has 5 heteroatoms. The molecule has 128 valence electrons. The number of halogens is 1. The van der Waals surface area contributed by atoms with Crippen molar-refractivity contribution in [1.29, 1.82) is 0 Å². The molecule has 2 aromatic rings. The number of hydrogen-bond donors (Lipinski definition) is 1. The minimum absolute atomic E-state index is 0.00718. The van der Waals surface area contributed by atoms with Gasteiger partial charge in [-0.05, 0) is 43.0 Å². The largest absolute Gasteiger partial charge is 0.325 e. The number of hydrogen-bond acceptors (Lipinski definition) is 2. The third-order valence-corrected chi connectivity index (χ3v) is 5.19. The van der Waals surface area contributed by atoms with Gasteiger partial charge in [0.15, 0.2) is 0 Å². The molecular formula is C20H19FN2O2. The first-order chi connectivity index (χ1) is 12.0. The molecule has 1 heterocycles. The number of amides is 2. The monoisotopic (exact) mass is 338 g/mol. The maximum Gasteiger partial charge on any atom is 0.235 e. The Hall–Kier alpha value is -2.69. The predicted octanol–water partition coefficient (Wildman–Crippen LogP) is 3.41. The Labute approximate surface area is 145 Å². The maximum absolute atomic E-state index is 14.1. The Balaban J connectivity index is 1.59. The van der Waals surface area contributed by atoms with Crippen LogP contribution in [0.15, 0.2) is 42.5 Å². The second-order valence-corrected chi connectivity index (χ2v) is 6.78. The van der Waals surface area contributed by atoms with Crippen LogP contribution in [0, 0.1) is 5.82 Å². The summed E-state index contributed by atoms with van der Waals surface area (Å²) in [4.78, 5) is 26.3. The molecule has 0 bridgehead atoms. The average molecular weight is 338 g/mol. The smallest absolute Gasteiger partial charge is 0.235 e. The summed E-state index contributed by atoms with van der Waals surface area (Å²) in [6, 6.07) is 12.1. The molecule has 2 aliphatic rings. The molecule has 0 aromatic heterocycles. The number of nitrogens with one attached hydrogen (secondary N) is 1. The van der Waals surface area contributed by atoms with Gasteiger partial charge in [0.1, 0.15) is 5.82 Å². The van der Waals surface area contributed by atoms with E-state index < -0.39 is 5.41 Å². The Morgan fingerprint density at radius 1 is 1.16 bits per heavy atom. The highest BCUT2D eigenvalue weighted by Crippen LogP contribution is 2.50. The minimum atomic E-state index is -0.773. The fraction of sp³-hybridized carbons (Fsp3) is 0.300. The number of benzene rings is 2. The first kappa shape index (κ1) is 15.8. The van der Waals surface area contributed by atoms with Crippen LogP contribution in [0.25, 0.3) is 0 Å². The van der Waals surface area contributed by atoms with Crippen LogP contribution in [0.4, 0.5) is 15.8 Å². The lowest BCUT2D eigenvalue weighted by atomic mass is 9.94. The van der Waals surface area contributed by atoms with Gasteiger partial charge in [-0.15, -0.1) is 0 Å². The second kappa shape index (κ2) is 5.69. The average Bonchev–Trinajstić information content (AvgIpc) is 3.28. The third kappa shape index (κ3) is 2.60. The summed E-state index contributed by atoms with van der Waals surface area (Å²) in [6.45, 7) is 2.21. The number of nitrogens with zero attached hydrogens (tertiary/aromatic N) is 1. The van der Waals surface area contributed by atoms with Gasteiger partial charge in [-0.3, -0.25) is 9.59 Å². The van der Waals surface area contributed by atoms with Crippen LogP contribution in [0.2, 0.25) is 0 Å². The normalized spacial score (nSPS) is 17.1. The summed E-state index contributed by atoms with van der Waals surface area (Å²) >= 11 is 0. The van der Waals surface area contributed by atoms with Crippen molar-refractivity contribution in [2.45, 2.75) is 31.6 Å². The van der Waals surface area contributed by atoms with Crippen LogP contribution < -0.4 is 10.2 Å². The Kier molecular flexibility index (Phi) is 3.60. The van der Waals surface area contributed by atoms with E-state index in [9.17, 15) is 14.0 Å². The highest BCUT2D eigenvalue weighted by Gasteiger charge is 2.52. The summed E-state index contributed by atoms with van der Waals surface area (Å²) in [6.07, 6.45) is 2.11. The molecule has 1 fully saturated rings. The molecule has 2 aromatic carbocycles. The number of fused-ring (bicyclic) bond motifs is 1. The predicted molar refractivity (Wildman–Crippen MR) is 94.1 cm³/mol. The van der Waals surface area contributed by atoms with Gasteiger partial charge in [0.25, 0.3) is 0 Å². The fourth-order valence-corrected chi connectivity index (χ4v) is 3.63. The van der Waals surface area contributed by atoms with Crippen LogP contribution in [0.3, 0.4) is 0 Å². The number of carbonyl (C=O) groups is 2. The van der Waals surface area contributed by atoms with E-state index >= 15 is 0 Å². The van der Waals surface area contributed by atoms with Crippen molar-refractivity contribution in [3.05, 3.63) is 59.4 Å². The van der Waals surface area contributed by atoms with E-state index in [0.717, 1.165) is 17.7 Å². The van der Waals surface area contributed by atoms with Crippen LogP contribution >= 0.6 is 0 Å². The topological polar surface area (TPSA) is 49.4 Å². The Bertz CT molecular complexity index is 874. The van der Waals surface area contributed by atoms with Crippen molar-refractivity contribution in [3.63, 3.8) is 0 Å². The van der Waals surface area contributed by atoms with Gasteiger partial charge in [-0.2, -0.15) is 0 Å². The molecule has 0 unspecified atom stereocenters. The number of rotatable bonds is 3. The molecule has 1 N–H and O–H groups in total. The summed E-state index contributed by atoms with van der Waals surface area (Å²) < 4.78 is 14.1. The first-order valence-corrected chi connectivity index (χ1v) is 8.49. The van der Waals surface area contributed by atoms with Gasteiger partial charge in [0.2, 0.25) is 11.8 Å². The highest BCUT2D eigenvalue weighted by molar-refractivity contribution is 6.02. The second-order valence-electron chi connectivity index (χ2n) is 6.78. The van der Waals surface area contributed by atoms with Gasteiger partial charge < -0.3 is 10.2 Å². The molecule has 0 spiro atoms. The zero-order valence-corrected chi connectivity index (χ0v) is 14.0. The summed E-state index contributed by atoms with van der Waals surface area (Å²) in [7, 11) is 0. The first-order valence-electron chi connectivity index (χ1n) is 8.49. The minimum Gasteiger partial charge on any atom is -0.325 e. The van der Waals surface area contributed by atoms with Gasteiger partial charge in [-0.25, -0.2) is 4.39 Å². The quantitative estimate of drug-likeness (QED) is 0.932. The number of carbonyl (C=O) groups excluding carboxylic acids is 2. The van der Waals surface area contributed by atoms with E-state index in [2.05, 4.69) is 5.32 Å². The SMILES string of the molecule is CC(=O)N1CCc2ccc(NC(=O)C3(c4ccccc4F)CC3)cc21. The summed E-state index contributed by atoms with van der Waals surface area (Å²) in [5.74, 6) is -0.538. The Morgan fingerprint density at radius 2 is 1.92 bits per heavy atom. The highest BCUT2D eigenvalue weighted by atomic mass is 19.1. The number of anilines is 2. The third-order valence-electron chi connectivity index (χ3n) is 5.19. The van der Waals surface area contributed by atoms with Crippen LogP contribution in [0.1, 0.15) is 30.9 Å².